The molecule has 1 heterocycles. The quantitative estimate of drug-likeness (QED) is 0.897. The van der Waals surface area contributed by atoms with Crippen molar-refractivity contribution in [3.8, 4) is 0 Å². The van der Waals surface area contributed by atoms with Gasteiger partial charge in [0.25, 0.3) is 0 Å². The number of hydrogen-bond acceptors (Lipinski definition) is 3. The molecule has 98 valence electrons. The predicted molar refractivity (Wildman–Crippen MR) is 60.5 cm³/mol. The molecule has 8 heteroatoms. The van der Waals surface area contributed by atoms with Crippen molar-refractivity contribution < 1.29 is 23.1 Å². The van der Waals surface area contributed by atoms with Gasteiger partial charge in [0.2, 0.25) is 0 Å². The Balaban J connectivity index is 2.33. The average molecular weight is 325 g/mol. The van der Waals surface area contributed by atoms with Gasteiger partial charge in [-0.2, -0.15) is 13.2 Å². The molecule has 0 radical (unpaired) electrons. The summed E-state index contributed by atoms with van der Waals surface area (Å²) in [5.74, 6) is -1.59. The first kappa shape index (κ1) is 13.1. The lowest BCUT2D eigenvalue weighted by Crippen LogP contribution is -2.39. The van der Waals surface area contributed by atoms with Gasteiger partial charge in [-0.1, -0.05) is 0 Å². The Morgan fingerprint density at radius 1 is 1.50 bits per heavy atom. The first-order valence-corrected chi connectivity index (χ1v) is 5.78. The first-order valence-electron chi connectivity index (χ1n) is 4.99. The molecular formula is C10H8BrF3N2O2. The zero-order chi connectivity index (χ0) is 13.6. The second kappa shape index (κ2) is 4.11. The summed E-state index contributed by atoms with van der Waals surface area (Å²) in [5.41, 5.74) is -2.32. The number of hydrogen-bond donors (Lipinski definition) is 2. The van der Waals surface area contributed by atoms with E-state index < -0.39 is 17.7 Å². The minimum Gasteiger partial charge on any atom is -0.478 e. The van der Waals surface area contributed by atoms with E-state index in [1.807, 2.05) is 0 Å². The molecule has 1 aliphatic rings. The maximum Gasteiger partial charge on any atom is 0.411 e. The highest BCUT2D eigenvalue weighted by atomic mass is 79.9. The van der Waals surface area contributed by atoms with E-state index in [4.69, 9.17) is 5.11 Å². The number of carboxylic acid groups (broad SMARTS) is 1. The smallest absolute Gasteiger partial charge is 0.411 e. The summed E-state index contributed by atoms with van der Waals surface area (Å²) in [4.78, 5) is 14.6. The summed E-state index contributed by atoms with van der Waals surface area (Å²) in [6.45, 7) is 0. The van der Waals surface area contributed by atoms with Gasteiger partial charge in [0.05, 0.1) is 0 Å². The van der Waals surface area contributed by atoms with Gasteiger partial charge in [0, 0.05) is 10.7 Å². The van der Waals surface area contributed by atoms with Crippen molar-refractivity contribution in [1.29, 1.82) is 0 Å². The number of aromatic carboxylic acids is 1. The number of pyridine rings is 1. The zero-order valence-corrected chi connectivity index (χ0v) is 10.5. The maximum atomic E-state index is 12.7. The lowest BCUT2D eigenvalue weighted by atomic mass is 10.2. The molecule has 2 N–H and O–H groups in total. The molecule has 1 aliphatic carbocycles. The predicted octanol–water partition coefficient (Wildman–Crippen LogP) is 3.05. The van der Waals surface area contributed by atoms with Crippen molar-refractivity contribution in [3.63, 3.8) is 0 Å². The SMILES string of the molecule is O=C(O)c1cc(Br)cnc1NC1(C(F)(F)F)CC1. The molecule has 4 nitrogen and oxygen atoms in total. The van der Waals surface area contributed by atoms with Crippen LogP contribution < -0.4 is 5.32 Å². The van der Waals surface area contributed by atoms with Crippen LogP contribution in [0.25, 0.3) is 0 Å². The Hall–Kier alpha value is -1.31. The normalized spacial score (nSPS) is 17.3. The largest absolute Gasteiger partial charge is 0.478 e. The fourth-order valence-corrected chi connectivity index (χ4v) is 1.86. The van der Waals surface area contributed by atoms with Gasteiger partial charge in [0.1, 0.15) is 16.9 Å². The van der Waals surface area contributed by atoms with Crippen LogP contribution in [0.15, 0.2) is 16.7 Å². The summed E-state index contributed by atoms with van der Waals surface area (Å²) in [5, 5.41) is 11.1. The molecule has 1 saturated carbocycles. The topological polar surface area (TPSA) is 62.2 Å². The van der Waals surface area contributed by atoms with Crippen LogP contribution in [-0.2, 0) is 0 Å². The molecule has 0 bridgehead atoms. The van der Waals surface area contributed by atoms with Gasteiger partial charge < -0.3 is 10.4 Å². The van der Waals surface area contributed by atoms with E-state index in [1.165, 1.54) is 12.3 Å². The lowest BCUT2D eigenvalue weighted by molar-refractivity contribution is -0.151. The molecule has 1 fully saturated rings. The van der Waals surface area contributed by atoms with Crippen LogP contribution in [0, 0.1) is 0 Å². The molecule has 0 unspecified atom stereocenters. The van der Waals surface area contributed by atoms with Crippen molar-refractivity contribution in [2.75, 3.05) is 5.32 Å². The number of carboxylic acids is 1. The van der Waals surface area contributed by atoms with Gasteiger partial charge in [-0.3, -0.25) is 0 Å². The number of carbonyl (C=O) groups is 1. The summed E-state index contributed by atoms with van der Waals surface area (Å²) in [6.07, 6.45) is -3.32. The van der Waals surface area contributed by atoms with Crippen LogP contribution in [0.2, 0.25) is 0 Å². The van der Waals surface area contributed by atoms with E-state index in [-0.39, 0.29) is 24.2 Å². The van der Waals surface area contributed by atoms with Crippen LogP contribution in [0.5, 0.6) is 0 Å². The Morgan fingerprint density at radius 2 is 2.11 bits per heavy atom. The standard InChI is InChI=1S/C10H8BrF3N2O2/c11-5-3-6(8(17)18)7(15-4-5)16-9(1-2-9)10(12,13)14/h3-4H,1-2H2,(H,15,16)(H,17,18). The third-order valence-electron chi connectivity index (χ3n) is 2.74. The fraction of sp³-hybridized carbons (Fsp3) is 0.400. The summed E-state index contributed by atoms with van der Waals surface area (Å²) >= 11 is 3.02. The highest BCUT2D eigenvalue weighted by Gasteiger charge is 2.64. The number of halogens is 4. The molecule has 18 heavy (non-hydrogen) atoms. The molecule has 0 aromatic carbocycles. The van der Waals surface area contributed by atoms with E-state index in [9.17, 15) is 18.0 Å². The number of aromatic nitrogens is 1. The van der Waals surface area contributed by atoms with Gasteiger partial charge in [-0.15, -0.1) is 0 Å². The molecule has 1 aromatic rings. The van der Waals surface area contributed by atoms with Gasteiger partial charge in [0.15, 0.2) is 0 Å². The summed E-state index contributed by atoms with van der Waals surface area (Å²) in [6, 6.07) is 1.21. The van der Waals surface area contributed by atoms with Gasteiger partial charge in [-0.05, 0) is 34.8 Å². The molecular weight excluding hydrogens is 317 g/mol. The Morgan fingerprint density at radius 3 is 2.56 bits per heavy atom. The summed E-state index contributed by atoms with van der Waals surface area (Å²) < 4.78 is 38.6. The Labute approximate surface area is 108 Å². The van der Waals surface area contributed by atoms with E-state index in [2.05, 4.69) is 26.2 Å². The first-order chi connectivity index (χ1) is 8.25. The molecule has 0 spiro atoms. The molecule has 0 saturated heterocycles. The van der Waals surface area contributed by atoms with Crippen LogP contribution in [0.1, 0.15) is 23.2 Å². The molecule has 0 amide bonds. The minimum absolute atomic E-state index is 0.0761. The maximum absolute atomic E-state index is 12.7. The van der Waals surface area contributed by atoms with E-state index >= 15 is 0 Å². The number of nitrogens with one attached hydrogen (secondary N) is 1. The number of anilines is 1. The third kappa shape index (κ3) is 2.29. The Bertz CT molecular complexity index is 500. The van der Waals surface area contributed by atoms with Crippen molar-refractivity contribution in [2.45, 2.75) is 24.6 Å². The number of nitrogens with zero attached hydrogens (tertiary/aromatic N) is 1. The van der Waals surface area contributed by atoms with Crippen LogP contribution in [0.3, 0.4) is 0 Å². The van der Waals surface area contributed by atoms with Crippen LogP contribution in [0.4, 0.5) is 19.0 Å². The molecule has 0 atom stereocenters. The third-order valence-corrected chi connectivity index (χ3v) is 3.17. The monoisotopic (exact) mass is 324 g/mol. The fourth-order valence-electron chi connectivity index (χ4n) is 1.53. The van der Waals surface area contributed by atoms with Crippen LogP contribution >= 0.6 is 15.9 Å². The van der Waals surface area contributed by atoms with E-state index in [1.54, 1.807) is 0 Å². The van der Waals surface area contributed by atoms with Crippen molar-refractivity contribution in [1.82, 2.24) is 4.98 Å². The lowest BCUT2D eigenvalue weighted by Gasteiger charge is -2.22. The van der Waals surface area contributed by atoms with Gasteiger partial charge in [-0.25, -0.2) is 9.78 Å². The molecule has 0 aliphatic heterocycles. The summed E-state index contributed by atoms with van der Waals surface area (Å²) in [7, 11) is 0. The zero-order valence-electron chi connectivity index (χ0n) is 8.88. The van der Waals surface area contributed by atoms with Crippen molar-refractivity contribution in [2.24, 2.45) is 0 Å². The van der Waals surface area contributed by atoms with Gasteiger partial charge >= 0.3 is 12.1 Å². The second-order valence-corrected chi connectivity index (χ2v) is 4.98. The van der Waals surface area contributed by atoms with Crippen molar-refractivity contribution >= 4 is 27.7 Å². The highest BCUT2D eigenvalue weighted by molar-refractivity contribution is 9.10. The highest BCUT2D eigenvalue weighted by Crippen LogP contribution is 2.51. The average Bonchev–Trinajstić information content (AvgIpc) is 3.00. The number of alkyl halides is 3. The number of rotatable bonds is 3. The second-order valence-electron chi connectivity index (χ2n) is 4.06. The van der Waals surface area contributed by atoms with E-state index in [0.29, 0.717) is 4.47 Å². The minimum atomic E-state index is -4.42. The molecule has 1 aromatic heterocycles. The van der Waals surface area contributed by atoms with Crippen molar-refractivity contribution in [3.05, 3.63) is 22.3 Å². The Kier molecular flexibility index (Phi) is 3.00. The van der Waals surface area contributed by atoms with Crippen LogP contribution in [-0.4, -0.2) is 27.8 Å². The molecule has 2 rings (SSSR count). The van der Waals surface area contributed by atoms with E-state index in [0.717, 1.165) is 0 Å².